The molecule has 0 aliphatic rings. The van der Waals surface area contributed by atoms with Crippen molar-refractivity contribution >= 4 is 12.2 Å². The van der Waals surface area contributed by atoms with Gasteiger partial charge >= 0.3 is 0 Å². The zero-order valence-corrected chi connectivity index (χ0v) is 8.23. The predicted molar refractivity (Wildman–Crippen MR) is 50.4 cm³/mol. The molecule has 0 saturated carbocycles. The third-order valence-corrected chi connectivity index (χ3v) is 1.50. The molecule has 78 valence electrons. The minimum absolute atomic E-state index is 0.393. The minimum Gasteiger partial charge on any atom is -0.356 e. The lowest BCUT2D eigenvalue weighted by Gasteiger charge is -2.09. The minimum atomic E-state index is -0.450. The van der Waals surface area contributed by atoms with E-state index in [9.17, 15) is 9.59 Å². The molecule has 0 saturated heterocycles. The molecule has 1 unspecified atom stereocenters. The standard InChI is InChI=1S/C9H14N2O3/c1-2-6-14-9(11-8-13)4-3-5-10-7-12/h9H,2-6H2,1H3. The molecule has 1 atom stereocenters. The Balaban J connectivity index is 3.71. The molecule has 0 N–H and O–H groups in total. The van der Waals surface area contributed by atoms with Crippen LogP contribution in [0.5, 0.6) is 0 Å². The van der Waals surface area contributed by atoms with Crippen LogP contribution in [0, 0.1) is 0 Å². The molecule has 0 fully saturated rings. The Hall–Kier alpha value is -1.28. The molecule has 0 heterocycles. The summed E-state index contributed by atoms with van der Waals surface area (Å²) in [5, 5.41) is 0. The van der Waals surface area contributed by atoms with Crippen LogP contribution in [0.2, 0.25) is 0 Å². The SMILES string of the molecule is CCCOC(CCCN=C=O)N=C=O. The number of hydrogen-bond donors (Lipinski definition) is 0. The second kappa shape index (κ2) is 9.81. The van der Waals surface area contributed by atoms with E-state index >= 15 is 0 Å². The van der Waals surface area contributed by atoms with Crippen molar-refractivity contribution in [1.29, 1.82) is 0 Å². The molecule has 0 aliphatic carbocycles. The van der Waals surface area contributed by atoms with Crippen molar-refractivity contribution < 1.29 is 14.3 Å². The average molecular weight is 198 g/mol. The van der Waals surface area contributed by atoms with E-state index in [1.807, 2.05) is 6.92 Å². The highest BCUT2D eigenvalue weighted by molar-refractivity contribution is 5.33. The highest BCUT2D eigenvalue weighted by atomic mass is 16.5. The summed E-state index contributed by atoms with van der Waals surface area (Å²) in [7, 11) is 0. The highest BCUT2D eigenvalue weighted by Crippen LogP contribution is 2.04. The van der Waals surface area contributed by atoms with Gasteiger partial charge in [-0.3, -0.25) is 0 Å². The number of carbonyl (C=O) groups excluding carboxylic acids is 2. The molecule has 0 aromatic heterocycles. The molecule has 0 aromatic rings. The summed E-state index contributed by atoms with van der Waals surface area (Å²) in [5.74, 6) is 0. The summed E-state index contributed by atoms with van der Waals surface area (Å²) >= 11 is 0. The van der Waals surface area contributed by atoms with Gasteiger partial charge in [0.05, 0.1) is 6.54 Å². The third-order valence-electron chi connectivity index (χ3n) is 1.50. The first-order chi connectivity index (χ1) is 6.85. The number of hydrogen-bond acceptors (Lipinski definition) is 5. The number of nitrogens with zero attached hydrogens (tertiary/aromatic N) is 2. The topological polar surface area (TPSA) is 68.1 Å². The van der Waals surface area contributed by atoms with E-state index in [1.54, 1.807) is 0 Å². The Morgan fingerprint density at radius 2 is 2.14 bits per heavy atom. The Bertz CT molecular complexity index is 230. The average Bonchev–Trinajstić information content (AvgIpc) is 2.20. The maximum absolute atomic E-state index is 10.0. The molecular formula is C9H14N2O3. The van der Waals surface area contributed by atoms with Gasteiger partial charge in [-0.1, -0.05) is 6.92 Å². The molecular weight excluding hydrogens is 184 g/mol. The summed E-state index contributed by atoms with van der Waals surface area (Å²) in [6.07, 6.45) is 4.54. The predicted octanol–water partition coefficient (Wildman–Crippen LogP) is 1.19. The van der Waals surface area contributed by atoms with Crippen LogP contribution in [0.25, 0.3) is 0 Å². The van der Waals surface area contributed by atoms with Crippen molar-refractivity contribution in [2.45, 2.75) is 32.4 Å². The first kappa shape index (κ1) is 12.7. The van der Waals surface area contributed by atoms with E-state index < -0.39 is 6.23 Å². The molecule has 5 nitrogen and oxygen atoms in total. The lowest BCUT2D eigenvalue weighted by molar-refractivity contribution is 0.0533. The van der Waals surface area contributed by atoms with Crippen LogP contribution in [-0.2, 0) is 14.3 Å². The Kier molecular flexibility index (Phi) is 8.91. The van der Waals surface area contributed by atoms with Crippen molar-refractivity contribution in [1.82, 2.24) is 0 Å². The van der Waals surface area contributed by atoms with Crippen LogP contribution in [0.4, 0.5) is 0 Å². The Morgan fingerprint density at radius 3 is 2.71 bits per heavy atom. The van der Waals surface area contributed by atoms with Crippen LogP contribution >= 0.6 is 0 Å². The first-order valence-corrected chi connectivity index (χ1v) is 4.57. The van der Waals surface area contributed by atoms with Crippen molar-refractivity contribution in [3.63, 3.8) is 0 Å². The summed E-state index contributed by atoms with van der Waals surface area (Å²) in [4.78, 5) is 26.6. The van der Waals surface area contributed by atoms with Gasteiger partial charge in [0.1, 0.15) is 0 Å². The van der Waals surface area contributed by atoms with Gasteiger partial charge in [0, 0.05) is 6.61 Å². The second-order valence-electron chi connectivity index (χ2n) is 2.66. The molecule has 0 radical (unpaired) electrons. The summed E-state index contributed by atoms with van der Waals surface area (Å²) < 4.78 is 5.24. The molecule has 0 amide bonds. The largest absolute Gasteiger partial charge is 0.356 e. The number of ether oxygens (including phenoxy) is 1. The summed E-state index contributed by atoms with van der Waals surface area (Å²) in [6, 6.07) is 0. The van der Waals surface area contributed by atoms with Gasteiger partial charge in [0.25, 0.3) is 0 Å². The van der Waals surface area contributed by atoms with Crippen LogP contribution in [-0.4, -0.2) is 31.5 Å². The smallest absolute Gasteiger partial charge is 0.237 e. The van der Waals surface area contributed by atoms with Crippen molar-refractivity contribution in [3.8, 4) is 0 Å². The van der Waals surface area contributed by atoms with Crippen LogP contribution < -0.4 is 0 Å². The molecule has 0 aliphatic heterocycles. The molecule has 14 heavy (non-hydrogen) atoms. The fourth-order valence-corrected chi connectivity index (χ4v) is 0.888. The third kappa shape index (κ3) is 7.37. The molecule has 5 heteroatoms. The van der Waals surface area contributed by atoms with Crippen molar-refractivity contribution in [3.05, 3.63) is 0 Å². The zero-order chi connectivity index (χ0) is 10.6. The van der Waals surface area contributed by atoms with E-state index in [0.29, 0.717) is 26.0 Å². The zero-order valence-electron chi connectivity index (χ0n) is 8.23. The van der Waals surface area contributed by atoms with E-state index in [1.165, 1.54) is 12.2 Å². The molecule has 0 bridgehead atoms. The number of rotatable bonds is 8. The summed E-state index contributed by atoms with van der Waals surface area (Å²) in [6.45, 7) is 2.93. The number of isocyanates is 2. The number of aliphatic imine (C=N–C) groups is 2. The van der Waals surface area contributed by atoms with E-state index in [-0.39, 0.29) is 0 Å². The second-order valence-corrected chi connectivity index (χ2v) is 2.66. The monoisotopic (exact) mass is 198 g/mol. The molecule has 0 aromatic carbocycles. The maximum atomic E-state index is 10.0. The van der Waals surface area contributed by atoms with E-state index in [4.69, 9.17) is 4.74 Å². The van der Waals surface area contributed by atoms with E-state index in [0.717, 1.165) is 6.42 Å². The molecule has 0 spiro atoms. The Morgan fingerprint density at radius 1 is 1.36 bits per heavy atom. The first-order valence-electron chi connectivity index (χ1n) is 4.57. The molecule has 0 rings (SSSR count). The fourth-order valence-electron chi connectivity index (χ4n) is 0.888. The highest BCUT2D eigenvalue weighted by Gasteiger charge is 2.05. The normalized spacial score (nSPS) is 11.2. The van der Waals surface area contributed by atoms with Gasteiger partial charge in [-0.05, 0) is 19.3 Å². The van der Waals surface area contributed by atoms with Gasteiger partial charge < -0.3 is 4.74 Å². The maximum Gasteiger partial charge on any atom is 0.237 e. The van der Waals surface area contributed by atoms with Gasteiger partial charge in [0.15, 0.2) is 6.23 Å². The van der Waals surface area contributed by atoms with Crippen molar-refractivity contribution in [2.75, 3.05) is 13.2 Å². The summed E-state index contributed by atoms with van der Waals surface area (Å²) in [5.41, 5.74) is 0. The van der Waals surface area contributed by atoms with Gasteiger partial charge in [-0.25, -0.2) is 14.6 Å². The van der Waals surface area contributed by atoms with Crippen LogP contribution in [0.1, 0.15) is 26.2 Å². The van der Waals surface area contributed by atoms with Crippen molar-refractivity contribution in [2.24, 2.45) is 9.98 Å². The van der Waals surface area contributed by atoms with Gasteiger partial charge in [0.2, 0.25) is 12.2 Å². The fraction of sp³-hybridized carbons (Fsp3) is 0.778. The van der Waals surface area contributed by atoms with Gasteiger partial charge in [-0.2, -0.15) is 4.99 Å². The van der Waals surface area contributed by atoms with Crippen LogP contribution in [0.15, 0.2) is 9.98 Å². The van der Waals surface area contributed by atoms with Crippen LogP contribution in [0.3, 0.4) is 0 Å². The Labute approximate surface area is 82.9 Å². The lowest BCUT2D eigenvalue weighted by atomic mass is 10.3. The van der Waals surface area contributed by atoms with E-state index in [2.05, 4.69) is 9.98 Å². The van der Waals surface area contributed by atoms with Gasteiger partial charge in [-0.15, -0.1) is 0 Å². The quantitative estimate of drug-likeness (QED) is 0.334. The lowest BCUT2D eigenvalue weighted by Crippen LogP contribution is -2.11.